The van der Waals surface area contributed by atoms with E-state index in [0.717, 1.165) is 17.3 Å². The maximum absolute atomic E-state index is 13.0. The number of hydrogen-bond donors (Lipinski definition) is 3. The van der Waals surface area contributed by atoms with Gasteiger partial charge in [-0.2, -0.15) is 0 Å². The van der Waals surface area contributed by atoms with Crippen LogP contribution in [0, 0.1) is 12.7 Å². The van der Waals surface area contributed by atoms with E-state index in [2.05, 4.69) is 5.32 Å². The summed E-state index contributed by atoms with van der Waals surface area (Å²) in [6.45, 7) is 3.63. The fourth-order valence-corrected chi connectivity index (χ4v) is 2.25. The smallest absolute Gasteiger partial charge is 0.249 e. The highest BCUT2D eigenvalue weighted by Crippen LogP contribution is 2.29. The molecule has 2 aromatic rings. The van der Waals surface area contributed by atoms with Crippen molar-refractivity contribution in [3.63, 3.8) is 0 Å². The van der Waals surface area contributed by atoms with Crippen LogP contribution >= 0.6 is 0 Å². The number of nitrogens with two attached hydrogens (primary N) is 1. The van der Waals surface area contributed by atoms with Crippen LogP contribution in [0.25, 0.3) is 0 Å². The van der Waals surface area contributed by atoms with Gasteiger partial charge in [0.25, 0.3) is 0 Å². The van der Waals surface area contributed by atoms with E-state index in [9.17, 15) is 14.3 Å². The Hall–Kier alpha value is -2.56. The minimum atomic E-state index is -0.492. The Labute approximate surface area is 122 Å². The molecule has 1 atom stereocenters. The first kappa shape index (κ1) is 14.8. The van der Waals surface area contributed by atoms with Gasteiger partial charge in [-0.1, -0.05) is 12.1 Å². The van der Waals surface area contributed by atoms with Crippen LogP contribution in [-0.4, -0.2) is 11.0 Å². The lowest BCUT2D eigenvalue weighted by Gasteiger charge is -2.19. The predicted molar refractivity (Wildman–Crippen MR) is 79.8 cm³/mol. The van der Waals surface area contributed by atoms with Crippen molar-refractivity contribution < 1.29 is 14.3 Å². The van der Waals surface area contributed by atoms with Gasteiger partial charge < -0.3 is 16.2 Å². The van der Waals surface area contributed by atoms with Crippen molar-refractivity contribution in [2.45, 2.75) is 19.9 Å². The van der Waals surface area contributed by atoms with Crippen LogP contribution in [-0.2, 0) is 0 Å². The number of carbonyl (C=O) groups excluding carboxylic acids is 1. The van der Waals surface area contributed by atoms with Crippen LogP contribution in [0.15, 0.2) is 36.4 Å². The number of anilines is 1. The van der Waals surface area contributed by atoms with E-state index in [1.54, 1.807) is 19.1 Å². The Morgan fingerprint density at radius 2 is 2.05 bits per heavy atom. The van der Waals surface area contributed by atoms with Crippen molar-refractivity contribution in [3.05, 3.63) is 58.9 Å². The van der Waals surface area contributed by atoms with Crippen LogP contribution < -0.4 is 11.1 Å². The minimum Gasteiger partial charge on any atom is -0.507 e. The zero-order chi connectivity index (χ0) is 15.6. The monoisotopic (exact) mass is 288 g/mol. The third kappa shape index (κ3) is 3.13. The topological polar surface area (TPSA) is 75.3 Å². The van der Waals surface area contributed by atoms with Gasteiger partial charge in [0.1, 0.15) is 11.6 Å². The summed E-state index contributed by atoms with van der Waals surface area (Å²) in [7, 11) is 0. The SMILES string of the molecule is Cc1c(NC(C)c2ccc(F)cc2O)cccc1C(N)=O. The molecule has 0 fully saturated rings. The molecule has 0 heterocycles. The Kier molecular flexibility index (Phi) is 4.12. The van der Waals surface area contributed by atoms with E-state index in [0.29, 0.717) is 11.1 Å². The second-order valence-electron chi connectivity index (χ2n) is 4.91. The lowest BCUT2D eigenvalue weighted by Crippen LogP contribution is -2.15. The molecule has 0 aliphatic rings. The third-order valence-electron chi connectivity index (χ3n) is 3.43. The van der Waals surface area contributed by atoms with Gasteiger partial charge in [-0.05, 0) is 37.6 Å². The summed E-state index contributed by atoms with van der Waals surface area (Å²) in [5.41, 5.74) is 7.80. The minimum absolute atomic E-state index is 0.112. The largest absolute Gasteiger partial charge is 0.507 e. The summed E-state index contributed by atoms with van der Waals surface area (Å²) >= 11 is 0. The highest BCUT2D eigenvalue weighted by Gasteiger charge is 2.14. The van der Waals surface area contributed by atoms with E-state index in [1.807, 2.05) is 13.0 Å². The first-order valence-corrected chi connectivity index (χ1v) is 6.54. The average Bonchev–Trinajstić information content (AvgIpc) is 2.40. The molecule has 0 aliphatic heterocycles. The van der Waals surface area contributed by atoms with E-state index in [4.69, 9.17) is 5.73 Å². The molecule has 110 valence electrons. The molecule has 1 unspecified atom stereocenters. The van der Waals surface area contributed by atoms with Crippen molar-refractivity contribution >= 4 is 11.6 Å². The van der Waals surface area contributed by atoms with Crippen molar-refractivity contribution in [1.82, 2.24) is 0 Å². The molecule has 0 saturated carbocycles. The van der Waals surface area contributed by atoms with Gasteiger partial charge in [0, 0.05) is 22.9 Å². The molecule has 0 aliphatic carbocycles. The molecule has 0 bridgehead atoms. The maximum Gasteiger partial charge on any atom is 0.249 e. The Morgan fingerprint density at radius 1 is 1.33 bits per heavy atom. The Bertz CT molecular complexity index is 686. The number of amides is 1. The molecule has 5 heteroatoms. The molecule has 1 amide bonds. The maximum atomic E-state index is 13.0. The van der Waals surface area contributed by atoms with Crippen molar-refractivity contribution in [2.75, 3.05) is 5.32 Å². The van der Waals surface area contributed by atoms with E-state index in [1.165, 1.54) is 12.1 Å². The lowest BCUT2D eigenvalue weighted by atomic mass is 10.0. The molecular formula is C16H17FN2O2. The number of aromatic hydroxyl groups is 1. The quantitative estimate of drug-likeness (QED) is 0.809. The van der Waals surface area contributed by atoms with E-state index in [-0.39, 0.29) is 11.8 Å². The fraction of sp³-hybridized carbons (Fsp3) is 0.188. The first-order valence-electron chi connectivity index (χ1n) is 6.54. The molecule has 4 nitrogen and oxygen atoms in total. The Balaban J connectivity index is 2.29. The number of nitrogens with one attached hydrogen (secondary N) is 1. The third-order valence-corrected chi connectivity index (χ3v) is 3.43. The second-order valence-corrected chi connectivity index (χ2v) is 4.91. The summed E-state index contributed by atoms with van der Waals surface area (Å²) in [5, 5.41) is 13.0. The average molecular weight is 288 g/mol. The van der Waals surface area contributed by atoms with Crippen LogP contribution in [0.3, 0.4) is 0 Å². The zero-order valence-corrected chi connectivity index (χ0v) is 11.9. The molecule has 0 radical (unpaired) electrons. The van der Waals surface area contributed by atoms with Crippen molar-refractivity contribution in [1.29, 1.82) is 0 Å². The number of phenolic OH excluding ortho intramolecular Hbond substituents is 1. The first-order chi connectivity index (χ1) is 9.90. The number of carbonyl (C=O) groups is 1. The van der Waals surface area contributed by atoms with Crippen molar-refractivity contribution in [2.24, 2.45) is 5.73 Å². The van der Waals surface area contributed by atoms with Gasteiger partial charge in [-0.15, -0.1) is 0 Å². The van der Waals surface area contributed by atoms with Gasteiger partial charge in [-0.3, -0.25) is 4.79 Å². The molecule has 2 rings (SSSR count). The Morgan fingerprint density at radius 3 is 2.67 bits per heavy atom. The molecule has 21 heavy (non-hydrogen) atoms. The number of primary amides is 1. The summed E-state index contributed by atoms with van der Waals surface area (Å²) in [6, 6.07) is 8.83. The lowest BCUT2D eigenvalue weighted by molar-refractivity contribution is 0.0999. The van der Waals surface area contributed by atoms with Crippen LogP contribution in [0.5, 0.6) is 5.75 Å². The summed E-state index contributed by atoms with van der Waals surface area (Å²) in [6.07, 6.45) is 0. The highest BCUT2D eigenvalue weighted by molar-refractivity contribution is 5.95. The van der Waals surface area contributed by atoms with Gasteiger partial charge >= 0.3 is 0 Å². The van der Waals surface area contributed by atoms with Crippen LogP contribution in [0.4, 0.5) is 10.1 Å². The summed E-state index contributed by atoms with van der Waals surface area (Å²) < 4.78 is 13.0. The normalized spacial score (nSPS) is 12.0. The van der Waals surface area contributed by atoms with Gasteiger partial charge in [0.2, 0.25) is 5.91 Å². The second kappa shape index (κ2) is 5.83. The summed E-state index contributed by atoms with van der Waals surface area (Å²) in [5.74, 6) is -1.09. The molecular weight excluding hydrogens is 271 g/mol. The molecule has 4 N–H and O–H groups in total. The zero-order valence-electron chi connectivity index (χ0n) is 11.9. The number of rotatable bonds is 4. The number of halogens is 1. The number of hydrogen-bond acceptors (Lipinski definition) is 3. The molecule has 0 spiro atoms. The van der Waals surface area contributed by atoms with Crippen LogP contribution in [0.2, 0.25) is 0 Å². The van der Waals surface area contributed by atoms with Crippen LogP contribution in [0.1, 0.15) is 34.5 Å². The fourth-order valence-electron chi connectivity index (χ4n) is 2.25. The molecule has 0 aromatic heterocycles. The number of benzene rings is 2. The van der Waals surface area contributed by atoms with Gasteiger partial charge in [-0.25, -0.2) is 4.39 Å². The van der Waals surface area contributed by atoms with Gasteiger partial charge in [0.05, 0.1) is 6.04 Å². The molecule has 0 saturated heterocycles. The summed E-state index contributed by atoms with van der Waals surface area (Å²) in [4.78, 5) is 11.3. The van der Waals surface area contributed by atoms with Crippen molar-refractivity contribution in [3.8, 4) is 5.75 Å². The number of phenols is 1. The van der Waals surface area contributed by atoms with Gasteiger partial charge in [0.15, 0.2) is 0 Å². The molecule has 2 aromatic carbocycles. The van der Waals surface area contributed by atoms with E-state index < -0.39 is 11.7 Å². The standard InChI is InChI=1S/C16H17FN2O2/c1-9-12(16(18)21)4-3-5-14(9)19-10(2)13-7-6-11(17)8-15(13)20/h3-8,10,19-20H,1-2H3,(H2,18,21). The van der Waals surface area contributed by atoms with E-state index >= 15 is 0 Å². The highest BCUT2D eigenvalue weighted by atomic mass is 19.1. The predicted octanol–water partition coefficient (Wildman–Crippen LogP) is 3.11.